The molecule has 0 spiro atoms. The Hall–Kier alpha value is -1.74. The largest absolute Gasteiger partial charge is 0.298 e. The van der Waals surface area contributed by atoms with E-state index in [1.54, 1.807) is 0 Å². The van der Waals surface area contributed by atoms with E-state index < -0.39 is 0 Å². The van der Waals surface area contributed by atoms with Crippen molar-refractivity contribution < 1.29 is 0 Å². The van der Waals surface area contributed by atoms with Crippen molar-refractivity contribution in [2.24, 2.45) is 0 Å². The first kappa shape index (κ1) is 12.7. The van der Waals surface area contributed by atoms with Gasteiger partial charge in [-0.1, -0.05) is 13.8 Å². The van der Waals surface area contributed by atoms with Crippen LogP contribution in [0.15, 0.2) is 42.9 Å². The van der Waals surface area contributed by atoms with E-state index >= 15 is 0 Å². The molecule has 0 aromatic carbocycles. The fourth-order valence-corrected chi connectivity index (χ4v) is 1.96. The van der Waals surface area contributed by atoms with Crippen LogP contribution in [0, 0.1) is 0 Å². The molecule has 0 unspecified atom stereocenters. The Labute approximate surface area is 109 Å². The monoisotopic (exact) mass is 241 g/mol. The number of rotatable bonds is 5. The highest BCUT2D eigenvalue weighted by Crippen LogP contribution is 2.18. The maximum Gasteiger partial charge on any atom is 0.0550 e. The average Bonchev–Trinajstić information content (AvgIpc) is 2.46. The van der Waals surface area contributed by atoms with Gasteiger partial charge in [-0.25, -0.2) is 0 Å². The van der Waals surface area contributed by atoms with E-state index in [1.165, 1.54) is 11.1 Å². The van der Waals surface area contributed by atoms with Crippen LogP contribution in [-0.2, 0) is 6.54 Å². The van der Waals surface area contributed by atoms with E-state index in [9.17, 15) is 0 Å². The Morgan fingerprint density at radius 3 is 2.28 bits per heavy atom. The Kier molecular flexibility index (Phi) is 4.42. The molecule has 2 heterocycles. The minimum absolute atomic E-state index is 0.909. The second kappa shape index (κ2) is 6.26. The summed E-state index contributed by atoms with van der Waals surface area (Å²) in [5, 5.41) is 0. The van der Waals surface area contributed by atoms with E-state index in [1.807, 2.05) is 36.8 Å². The van der Waals surface area contributed by atoms with Crippen LogP contribution in [0.25, 0.3) is 11.1 Å². The number of pyridine rings is 2. The molecule has 0 fully saturated rings. The molecule has 2 rings (SSSR count). The molecule has 0 aliphatic heterocycles. The first-order valence-corrected chi connectivity index (χ1v) is 6.41. The summed E-state index contributed by atoms with van der Waals surface area (Å²) in [6, 6.07) is 8.25. The topological polar surface area (TPSA) is 29.0 Å². The molecule has 0 atom stereocenters. The number of aromatic nitrogens is 2. The minimum atomic E-state index is 0.909. The minimum Gasteiger partial charge on any atom is -0.298 e. The maximum atomic E-state index is 4.44. The standard InChI is InChI=1S/C15H19N3/c1-3-18(4-2)12-15-11-14(7-10-17-15)13-5-8-16-9-6-13/h5-11H,3-4,12H2,1-2H3. The van der Waals surface area contributed by atoms with E-state index in [0.29, 0.717) is 0 Å². The van der Waals surface area contributed by atoms with Crippen LogP contribution in [0.1, 0.15) is 19.5 Å². The highest BCUT2D eigenvalue weighted by molar-refractivity contribution is 5.62. The average molecular weight is 241 g/mol. The van der Waals surface area contributed by atoms with Crippen molar-refractivity contribution in [3.63, 3.8) is 0 Å². The van der Waals surface area contributed by atoms with E-state index in [0.717, 1.165) is 25.3 Å². The van der Waals surface area contributed by atoms with Crippen LogP contribution < -0.4 is 0 Å². The Balaban J connectivity index is 2.20. The molecule has 0 radical (unpaired) electrons. The van der Waals surface area contributed by atoms with Crippen molar-refractivity contribution >= 4 is 0 Å². The van der Waals surface area contributed by atoms with Gasteiger partial charge in [-0.05, 0) is 48.5 Å². The zero-order valence-corrected chi connectivity index (χ0v) is 11.0. The summed E-state index contributed by atoms with van der Waals surface area (Å²) in [7, 11) is 0. The molecule has 0 N–H and O–H groups in total. The molecule has 0 aliphatic rings. The number of nitrogens with zero attached hydrogens (tertiary/aromatic N) is 3. The molecule has 3 nitrogen and oxygen atoms in total. The SMILES string of the molecule is CCN(CC)Cc1cc(-c2ccncc2)ccn1. The third-order valence-corrected chi connectivity index (χ3v) is 3.11. The first-order chi connectivity index (χ1) is 8.83. The molecule has 0 saturated heterocycles. The fourth-order valence-electron chi connectivity index (χ4n) is 1.96. The van der Waals surface area contributed by atoms with Crippen LogP contribution >= 0.6 is 0 Å². The summed E-state index contributed by atoms with van der Waals surface area (Å²) >= 11 is 0. The molecule has 3 heteroatoms. The molecule has 0 aliphatic carbocycles. The molecular formula is C15H19N3. The number of hydrogen-bond acceptors (Lipinski definition) is 3. The highest BCUT2D eigenvalue weighted by Gasteiger charge is 2.04. The highest BCUT2D eigenvalue weighted by atomic mass is 15.1. The van der Waals surface area contributed by atoms with E-state index in [-0.39, 0.29) is 0 Å². The third kappa shape index (κ3) is 3.14. The van der Waals surface area contributed by atoms with E-state index in [4.69, 9.17) is 0 Å². The van der Waals surface area contributed by atoms with Gasteiger partial charge in [0.1, 0.15) is 0 Å². The van der Waals surface area contributed by atoms with Gasteiger partial charge in [0.15, 0.2) is 0 Å². The normalized spacial score (nSPS) is 10.8. The summed E-state index contributed by atoms with van der Waals surface area (Å²) in [4.78, 5) is 10.8. The lowest BCUT2D eigenvalue weighted by molar-refractivity contribution is 0.292. The summed E-state index contributed by atoms with van der Waals surface area (Å²) in [5.74, 6) is 0. The quantitative estimate of drug-likeness (QED) is 0.806. The maximum absolute atomic E-state index is 4.44. The van der Waals surface area contributed by atoms with Crippen LogP contribution in [0.4, 0.5) is 0 Å². The van der Waals surface area contributed by atoms with Gasteiger partial charge in [-0.3, -0.25) is 14.9 Å². The summed E-state index contributed by atoms with van der Waals surface area (Å²) in [6.45, 7) is 7.37. The zero-order valence-electron chi connectivity index (χ0n) is 11.0. The summed E-state index contributed by atoms with van der Waals surface area (Å²) in [5.41, 5.74) is 3.51. The summed E-state index contributed by atoms with van der Waals surface area (Å²) < 4.78 is 0. The van der Waals surface area contributed by atoms with Gasteiger partial charge in [0, 0.05) is 25.1 Å². The molecule has 0 saturated carbocycles. The molecule has 0 bridgehead atoms. The smallest absolute Gasteiger partial charge is 0.0550 e. The van der Waals surface area contributed by atoms with Crippen molar-refractivity contribution in [2.75, 3.05) is 13.1 Å². The van der Waals surface area contributed by atoms with Crippen LogP contribution in [0.2, 0.25) is 0 Å². The summed E-state index contributed by atoms with van der Waals surface area (Å²) in [6.07, 6.45) is 5.52. The van der Waals surface area contributed by atoms with Crippen LogP contribution in [-0.4, -0.2) is 28.0 Å². The lowest BCUT2D eigenvalue weighted by Gasteiger charge is -2.17. The molecule has 2 aromatic heterocycles. The van der Waals surface area contributed by atoms with Crippen molar-refractivity contribution in [1.82, 2.24) is 14.9 Å². The Bertz CT molecular complexity index is 478. The zero-order chi connectivity index (χ0) is 12.8. The third-order valence-electron chi connectivity index (χ3n) is 3.11. The fraction of sp³-hybridized carbons (Fsp3) is 0.333. The Morgan fingerprint density at radius 2 is 1.61 bits per heavy atom. The molecule has 94 valence electrons. The second-order valence-corrected chi connectivity index (χ2v) is 4.23. The van der Waals surface area contributed by atoms with Gasteiger partial charge in [-0.2, -0.15) is 0 Å². The van der Waals surface area contributed by atoms with Crippen molar-refractivity contribution in [2.45, 2.75) is 20.4 Å². The van der Waals surface area contributed by atoms with Crippen LogP contribution in [0.3, 0.4) is 0 Å². The van der Waals surface area contributed by atoms with Gasteiger partial charge in [0.25, 0.3) is 0 Å². The predicted molar refractivity (Wildman–Crippen MR) is 74.1 cm³/mol. The van der Waals surface area contributed by atoms with Gasteiger partial charge >= 0.3 is 0 Å². The lowest BCUT2D eigenvalue weighted by atomic mass is 10.1. The van der Waals surface area contributed by atoms with Gasteiger partial charge in [-0.15, -0.1) is 0 Å². The van der Waals surface area contributed by atoms with E-state index in [2.05, 4.69) is 34.8 Å². The second-order valence-electron chi connectivity index (χ2n) is 4.23. The number of hydrogen-bond donors (Lipinski definition) is 0. The van der Waals surface area contributed by atoms with Crippen molar-refractivity contribution in [3.8, 4) is 11.1 Å². The van der Waals surface area contributed by atoms with Gasteiger partial charge in [0.05, 0.1) is 5.69 Å². The first-order valence-electron chi connectivity index (χ1n) is 6.41. The molecule has 18 heavy (non-hydrogen) atoms. The Morgan fingerprint density at radius 1 is 0.944 bits per heavy atom. The van der Waals surface area contributed by atoms with Gasteiger partial charge < -0.3 is 0 Å². The molecule has 2 aromatic rings. The van der Waals surface area contributed by atoms with Crippen LogP contribution in [0.5, 0.6) is 0 Å². The van der Waals surface area contributed by atoms with Crippen molar-refractivity contribution in [1.29, 1.82) is 0 Å². The molecule has 0 amide bonds. The predicted octanol–water partition coefficient (Wildman–Crippen LogP) is 2.99. The lowest BCUT2D eigenvalue weighted by Crippen LogP contribution is -2.22. The van der Waals surface area contributed by atoms with Gasteiger partial charge in [0.2, 0.25) is 0 Å². The van der Waals surface area contributed by atoms with Crippen molar-refractivity contribution in [3.05, 3.63) is 48.5 Å². The molecular weight excluding hydrogens is 222 g/mol.